The van der Waals surface area contributed by atoms with Crippen LogP contribution >= 0.6 is 0 Å². The minimum atomic E-state index is -0.126. The molecule has 2 heterocycles. The van der Waals surface area contributed by atoms with Crippen molar-refractivity contribution in [3.8, 4) is 11.5 Å². The van der Waals surface area contributed by atoms with Crippen molar-refractivity contribution in [3.05, 3.63) is 23.8 Å². The zero-order chi connectivity index (χ0) is 15.9. The van der Waals surface area contributed by atoms with Gasteiger partial charge in [-0.15, -0.1) is 0 Å². The maximum Gasteiger partial charge on any atom is 0.314 e. The van der Waals surface area contributed by atoms with Gasteiger partial charge in [-0.25, -0.2) is 4.79 Å². The lowest BCUT2D eigenvalue weighted by atomic mass is 10.1. The Morgan fingerprint density at radius 1 is 1.09 bits per heavy atom. The zero-order valence-corrected chi connectivity index (χ0v) is 13.2. The maximum atomic E-state index is 11.8. The van der Waals surface area contributed by atoms with E-state index in [-0.39, 0.29) is 12.8 Å². The van der Waals surface area contributed by atoms with Gasteiger partial charge in [-0.1, -0.05) is 6.07 Å². The van der Waals surface area contributed by atoms with Crippen molar-refractivity contribution in [2.75, 3.05) is 52.7 Å². The van der Waals surface area contributed by atoms with Gasteiger partial charge in [-0.05, 0) is 24.1 Å². The summed E-state index contributed by atoms with van der Waals surface area (Å²) in [5, 5.41) is 5.75. The molecule has 23 heavy (non-hydrogen) atoms. The van der Waals surface area contributed by atoms with E-state index in [1.807, 2.05) is 18.2 Å². The molecule has 0 saturated carbocycles. The van der Waals surface area contributed by atoms with E-state index < -0.39 is 0 Å². The number of hydrogen-bond donors (Lipinski definition) is 2. The van der Waals surface area contributed by atoms with Gasteiger partial charge in [-0.2, -0.15) is 0 Å². The van der Waals surface area contributed by atoms with E-state index in [0.29, 0.717) is 13.1 Å². The van der Waals surface area contributed by atoms with Crippen molar-refractivity contribution >= 4 is 6.03 Å². The molecule has 1 saturated heterocycles. The number of nitrogens with zero attached hydrogens (tertiary/aromatic N) is 1. The van der Waals surface area contributed by atoms with Gasteiger partial charge >= 0.3 is 6.03 Å². The van der Waals surface area contributed by atoms with Gasteiger partial charge in [0.25, 0.3) is 0 Å². The van der Waals surface area contributed by atoms with Crippen LogP contribution in [-0.4, -0.2) is 63.7 Å². The van der Waals surface area contributed by atoms with Crippen LogP contribution in [0.3, 0.4) is 0 Å². The molecule has 0 aromatic heterocycles. The monoisotopic (exact) mass is 321 g/mol. The molecule has 2 aliphatic rings. The lowest BCUT2D eigenvalue weighted by Crippen LogP contribution is -2.44. The third-order valence-electron chi connectivity index (χ3n) is 3.95. The van der Waals surface area contributed by atoms with Gasteiger partial charge in [0.1, 0.15) is 0 Å². The van der Waals surface area contributed by atoms with Gasteiger partial charge in [0.2, 0.25) is 6.79 Å². The fourth-order valence-electron chi connectivity index (χ4n) is 2.63. The lowest BCUT2D eigenvalue weighted by Gasteiger charge is -2.26. The van der Waals surface area contributed by atoms with Crippen molar-refractivity contribution < 1.29 is 19.0 Å². The standard InChI is InChI=1S/C16H23N3O4/c20-16(18-5-6-19-7-9-21-10-8-19)17-4-3-13-1-2-14-15(11-13)23-12-22-14/h1-2,11H,3-10,12H2,(H2,17,18,20). The molecule has 1 fully saturated rings. The second-order valence-electron chi connectivity index (χ2n) is 5.57. The quantitative estimate of drug-likeness (QED) is 0.802. The molecule has 2 aliphatic heterocycles. The molecule has 1 aromatic rings. The number of rotatable bonds is 6. The average Bonchev–Trinajstić information content (AvgIpc) is 3.03. The molecular formula is C16H23N3O4. The van der Waals surface area contributed by atoms with Crippen LogP contribution in [0.2, 0.25) is 0 Å². The largest absolute Gasteiger partial charge is 0.454 e. The topological polar surface area (TPSA) is 72.1 Å². The highest BCUT2D eigenvalue weighted by atomic mass is 16.7. The molecule has 0 radical (unpaired) electrons. The molecule has 7 heteroatoms. The molecule has 0 atom stereocenters. The van der Waals surface area contributed by atoms with Crippen LogP contribution in [0.1, 0.15) is 5.56 Å². The normalized spacial score (nSPS) is 17.0. The van der Waals surface area contributed by atoms with Crippen molar-refractivity contribution in [2.24, 2.45) is 0 Å². The third-order valence-corrected chi connectivity index (χ3v) is 3.95. The van der Waals surface area contributed by atoms with E-state index in [1.54, 1.807) is 0 Å². The average molecular weight is 321 g/mol. The predicted molar refractivity (Wildman–Crippen MR) is 84.9 cm³/mol. The van der Waals surface area contributed by atoms with Crippen LogP contribution in [0, 0.1) is 0 Å². The van der Waals surface area contributed by atoms with Gasteiger partial charge in [0.05, 0.1) is 13.2 Å². The highest BCUT2D eigenvalue weighted by molar-refractivity contribution is 5.73. The van der Waals surface area contributed by atoms with Gasteiger partial charge in [0.15, 0.2) is 11.5 Å². The minimum Gasteiger partial charge on any atom is -0.454 e. The smallest absolute Gasteiger partial charge is 0.314 e. The molecular weight excluding hydrogens is 298 g/mol. The molecule has 2 amide bonds. The van der Waals surface area contributed by atoms with Crippen LogP contribution < -0.4 is 20.1 Å². The number of fused-ring (bicyclic) bond motifs is 1. The summed E-state index contributed by atoms with van der Waals surface area (Å²) in [7, 11) is 0. The maximum absolute atomic E-state index is 11.8. The van der Waals surface area contributed by atoms with E-state index in [9.17, 15) is 4.79 Å². The Kier molecular flexibility index (Phi) is 5.55. The summed E-state index contributed by atoms with van der Waals surface area (Å²) < 4.78 is 15.9. The number of carbonyl (C=O) groups is 1. The number of nitrogens with one attached hydrogen (secondary N) is 2. The first kappa shape index (κ1) is 15.9. The Hall–Kier alpha value is -1.99. The molecule has 1 aromatic carbocycles. The van der Waals surface area contributed by atoms with Crippen molar-refractivity contribution in [1.29, 1.82) is 0 Å². The van der Waals surface area contributed by atoms with E-state index in [0.717, 1.165) is 56.3 Å². The summed E-state index contributed by atoms with van der Waals surface area (Å²) in [5.74, 6) is 1.56. The number of hydrogen-bond acceptors (Lipinski definition) is 5. The molecule has 3 rings (SSSR count). The number of carbonyl (C=O) groups excluding carboxylic acids is 1. The Labute approximate surface area is 135 Å². The number of morpholine rings is 1. The van der Waals surface area contributed by atoms with Crippen molar-refractivity contribution in [3.63, 3.8) is 0 Å². The molecule has 7 nitrogen and oxygen atoms in total. The molecule has 2 N–H and O–H groups in total. The summed E-state index contributed by atoms with van der Waals surface area (Å²) >= 11 is 0. The lowest BCUT2D eigenvalue weighted by molar-refractivity contribution is 0.0387. The summed E-state index contributed by atoms with van der Waals surface area (Å²) in [4.78, 5) is 14.0. The second-order valence-corrected chi connectivity index (χ2v) is 5.57. The molecule has 0 unspecified atom stereocenters. The SMILES string of the molecule is O=C(NCCc1ccc2c(c1)OCO2)NCCN1CCOCC1. The second kappa shape index (κ2) is 8.03. The summed E-state index contributed by atoms with van der Waals surface area (Å²) in [5.41, 5.74) is 1.11. The molecule has 0 bridgehead atoms. The van der Waals surface area contributed by atoms with Gasteiger partial charge in [0, 0.05) is 32.7 Å². The number of amides is 2. The number of ether oxygens (including phenoxy) is 3. The first-order valence-corrected chi connectivity index (χ1v) is 8.01. The molecule has 0 aliphatic carbocycles. The summed E-state index contributed by atoms with van der Waals surface area (Å²) in [6, 6.07) is 5.73. The van der Waals surface area contributed by atoms with Crippen LogP contribution in [0.25, 0.3) is 0 Å². The van der Waals surface area contributed by atoms with Crippen LogP contribution in [-0.2, 0) is 11.2 Å². The third kappa shape index (κ3) is 4.74. The molecule has 0 spiro atoms. The predicted octanol–water partition coefficient (Wildman–Crippen LogP) is 0.589. The van der Waals surface area contributed by atoms with E-state index in [1.165, 1.54) is 0 Å². The van der Waals surface area contributed by atoms with Crippen molar-refractivity contribution in [1.82, 2.24) is 15.5 Å². The van der Waals surface area contributed by atoms with Crippen LogP contribution in [0.15, 0.2) is 18.2 Å². The first-order chi connectivity index (χ1) is 11.3. The Balaban J connectivity index is 1.30. The van der Waals surface area contributed by atoms with Crippen LogP contribution in [0.5, 0.6) is 11.5 Å². The zero-order valence-electron chi connectivity index (χ0n) is 13.2. The Bertz CT molecular complexity index is 532. The van der Waals surface area contributed by atoms with E-state index in [2.05, 4.69) is 15.5 Å². The van der Waals surface area contributed by atoms with Gasteiger partial charge < -0.3 is 24.8 Å². The Morgan fingerprint density at radius 2 is 1.87 bits per heavy atom. The van der Waals surface area contributed by atoms with Crippen molar-refractivity contribution in [2.45, 2.75) is 6.42 Å². The minimum absolute atomic E-state index is 0.126. The number of urea groups is 1. The summed E-state index contributed by atoms with van der Waals surface area (Å²) in [6.45, 7) is 5.81. The van der Waals surface area contributed by atoms with E-state index >= 15 is 0 Å². The Morgan fingerprint density at radius 3 is 2.74 bits per heavy atom. The first-order valence-electron chi connectivity index (χ1n) is 8.01. The number of benzene rings is 1. The van der Waals surface area contributed by atoms with E-state index in [4.69, 9.17) is 14.2 Å². The highest BCUT2D eigenvalue weighted by Crippen LogP contribution is 2.32. The highest BCUT2D eigenvalue weighted by Gasteiger charge is 2.13. The summed E-state index contributed by atoms with van der Waals surface area (Å²) in [6.07, 6.45) is 0.757. The molecule has 126 valence electrons. The van der Waals surface area contributed by atoms with Crippen LogP contribution in [0.4, 0.5) is 4.79 Å². The van der Waals surface area contributed by atoms with Gasteiger partial charge in [-0.3, -0.25) is 4.90 Å². The fourth-order valence-corrected chi connectivity index (χ4v) is 2.63. The fraction of sp³-hybridized carbons (Fsp3) is 0.562.